The van der Waals surface area contributed by atoms with Crippen LogP contribution in [0.2, 0.25) is 0 Å². The number of nitrogens with zero attached hydrogens (tertiary/aromatic N) is 7. The molecule has 0 saturated carbocycles. The Morgan fingerprint density at radius 1 is 1.34 bits per heavy atom. The lowest BCUT2D eigenvalue weighted by Crippen LogP contribution is -2.48. The zero-order chi connectivity index (χ0) is 22.6. The van der Waals surface area contributed by atoms with Crippen LogP contribution in [0.1, 0.15) is 16.4 Å². The molecule has 32 heavy (non-hydrogen) atoms. The molecule has 1 aliphatic rings. The van der Waals surface area contributed by atoms with Gasteiger partial charge >= 0.3 is 11.7 Å². The van der Waals surface area contributed by atoms with Crippen molar-refractivity contribution in [3.63, 3.8) is 0 Å². The number of pyridine rings is 2. The van der Waals surface area contributed by atoms with Crippen LogP contribution in [0, 0.1) is 15.9 Å². The number of aromatic nitrogens is 5. The maximum Gasteiger partial charge on any atom is 0.341 e. The van der Waals surface area contributed by atoms with Crippen LogP contribution in [-0.4, -0.2) is 53.4 Å². The first-order valence-electron chi connectivity index (χ1n) is 9.16. The van der Waals surface area contributed by atoms with Crippen molar-refractivity contribution in [3.8, 4) is 5.13 Å². The number of rotatable bonds is 5. The van der Waals surface area contributed by atoms with Crippen LogP contribution in [0.5, 0.6) is 0 Å². The van der Waals surface area contributed by atoms with E-state index in [1.54, 1.807) is 10.3 Å². The molecular formula is C18H12FN7O5S. The summed E-state index contributed by atoms with van der Waals surface area (Å²) in [7, 11) is 0. The topological polar surface area (TPSA) is 149 Å². The Bertz CT molecular complexity index is 1440. The van der Waals surface area contributed by atoms with Crippen molar-refractivity contribution in [2.24, 2.45) is 0 Å². The fourth-order valence-corrected chi connectivity index (χ4v) is 4.10. The van der Waals surface area contributed by atoms with E-state index >= 15 is 0 Å². The minimum atomic E-state index is -1.44. The van der Waals surface area contributed by atoms with E-state index in [-0.39, 0.29) is 28.6 Å². The maximum atomic E-state index is 14.9. The fourth-order valence-electron chi connectivity index (χ4n) is 3.49. The van der Waals surface area contributed by atoms with Crippen LogP contribution in [0.15, 0.2) is 41.0 Å². The monoisotopic (exact) mass is 457 g/mol. The van der Waals surface area contributed by atoms with Crippen LogP contribution >= 0.6 is 11.3 Å². The minimum absolute atomic E-state index is 0.0248. The molecule has 162 valence electrons. The van der Waals surface area contributed by atoms with Gasteiger partial charge in [0.15, 0.2) is 22.4 Å². The Hall–Kier alpha value is -4.20. The molecule has 0 unspecified atom stereocenters. The molecule has 1 saturated heterocycles. The van der Waals surface area contributed by atoms with Crippen LogP contribution in [0.4, 0.5) is 15.9 Å². The van der Waals surface area contributed by atoms with Gasteiger partial charge in [-0.05, 0) is 6.07 Å². The molecule has 4 aromatic rings. The molecule has 0 aliphatic carbocycles. The van der Waals surface area contributed by atoms with E-state index in [2.05, 4.69) is 15.1 Å². The van der Waals surface area contributed by atoms with E-state index in [1.807, 2.05) is 0 Å². The highest BCUT2D eigenvalue weighted by molar-refractivity contribution is 7.12. The molecule has 1 fully saturated rings. The molecule has 0 spiro atoms. The summed E-state index contributed by atoms with van der Waals surface area (Å²) in [6.45, 7) is 0.589. The van der Waals surface area contributed by atoms with E-state index in [4.69, 9.17) is 0 Å². The summed E-state index contributed by atoms with van der Waals surface area (Å²) in [5, 5.41) is 26.0. The van der Waals surface area contributed by atoms with Crippen LogP contribution in [0.25, 0.3) is 16.2 Å². The summed E-state index contributed by atoms with van der Waals surface area (Å²) >= 11 is 1.20. The van der Waals surface area contributed by atoms with E-state index in [0.717, 1.165) is 18.5 Å². The number of hydrogen-bond donors (Lipinski definition) is 1. The van der Waals surface area contributed by atoms with Gasteiger partial charge in [-0.1, -0.05) is 0 Å². The third-order valence-electron chi connectivity index (χ3n) is 5.10. The highest BCUT2D eigenvalue weighted by Crippen LogP contribution is 2.31. The third-order valence-corrected chi connectivity index (χ3v) is 5.87. The van der Waals surface area contributed by atoms with Crippen molar-refractivity contribution in [1.82, 2.24) is 24.3 Å². The molecule has 12 nitrogen and oxygen atoms in total. The standard InChI is InChI=1S/C18H12FN7O5S/c19-13-3-11-14(27)12(17(28)29)8-24(18-20-1-2-32-18)15(11)22-16(13)23-5-10(6-23)25-7-9(4-21-25)26(30)31/h1-4,7-8,10H,5-6H2,(H,28,29). The van der Waals surface area contributed by atoms with Crippen LogP contribution < -0.4 is 10.3 Å². The first-order chi connectivity index (χ1) is 15.3. The van der Waals surface area contributed by atoms with Crippen LogP contribution in [-0.2, 0) is 0 Å². The van der Waals surface area contributed by atoms with Crippen molar-refractivity contribution >= 4 is 39.8 Å². The number of carboxylic acid groups (broad SMARTS) is 1. The summed E-state index contributed by atoms with van der Waals surface area (Å²) in [5.41, 5.74) is -1.43. The number of thiazole rings is 1. The summed E-state index contributed by atoms with van der Waals surface area (Å²) in [6.07, 6.45) is 5.09. The smallest absolute Gasteiger partial charge is 0.341 e. The predicted octanol–water partition coefficient (Wildman–Crippen LogP) is 1.85. The van der Waals surface area contributed by atoms with Gasteiger partial charge in [0.25, 0.3) is 0 Å². The number of fused-ring (bicyclic) bond motifs is 1. The quantitative estimate of drug-likeness (QED) is 0.350. The third kappa shape index (κ3) is 3.08. The molecule has 0 bridgehead atoms. The van der Waals surface area contributed by atoms with Gasteiger partial charge in [0.1, 0.15) is 18.0 Å². The highest BCUT2D eigenvalue weighted by atomic mass is 32.1. The van der Waals surface area contributed by atoms with Crippen molar-refractivity contribution in [3.05, 3.63) is 68.0 Å². The predicted molar refractivity (Wildman–Crippen MR) is 110 cm³/mol. The van der Waals surface area contributed by atoms with Crippen molar-refractivity contribution < 1.29 is 19.2 Å². The molecule has 0 atom stereocenters. The van der Waals surface area contributed by atoms with E-state index in [1.165, 1.54) is 33.0 Å². The summed E-state index contributed by atoms with van der Waals surface area (Å²) in [6, 6.07) is 0.763. The lowest BCUT2D eigenvalue weighted by atomic mass is 10.1. The number of carboxylic acids is 1. The largest absolute Gasteiger partial charge is 0.477 e. The second-order valence-corrected chi connectivity index (χ2v) is 7.89. The second-order valence-electron chi connectivity index (χ2n) is 7.02. The number of carbonyl (C=O) groups is 1. The molecule has 0 radical (unpaired) electrons. The van der Waals surface area contributed by atoms with Crippen LogP contribution in [0.3, 0.4) is 0 Å². The molecule has 5 rings (SSSR count). The number of halogens is 1. The Morgan fingerprint density at radius 3 is 2.75 bits per heavy atom. The zero-order valence-electron chi connectivity index (χ0n) is 16.0. The number of aromatic carboxylic acids is 1. The van der Waals surface area contributed by atoms with Gasteiger partial charge in [-0.25, -0.2) is 19.2 Å². The second kappa shape index (κ2) is 7.19. The van der Waals surface area contributed by atoms with Gasteiger partial charge in [-0.15, -0.1) is 11.3 Å². The number of anilines is 1. The van der Waals surface area contributed by atoms with E-state index in [0.29, 0.717) is 18.2 Å². The van der Waals surface area contributed by atoms with E-state index < -0.39 is 27.7 Å². The highest BCUT2D eigenvalue weighted by Gasteiger charge is 2.33. The first-order valence-corrected chi connectivity index (χ1v) is 10.0. The zero-order valence-corrected chi connectivity index (χ0v) is 16.8. The van der Waals surface area contributed by atoms with Gasteiger partial charge in [-0.2, -0.15) is 5.10 Å². The Labute approximate surface area is 180 Å². The molecular weight excluding hydrogens is 445 g/mol. The molecule has 4 aromatic heterocycles. The Balaban J connectivity index is 1.55. The molecule has 0 aromatic carbocycles. The molecule has 14 heteroatoms. The maximum absolute atomic E-state index is 14.9. The molecule has 0 amide bonds. The Kier molecular flexibility index (Phi) is 4.44. The summed E-state index contributed by atoms with van der Waals surface area (Å²) < 4.78 is 17.7. The average Bonchev–Trinajstić information content (AvgIpc) is 3.40. The molecule has 5 heterocycles. The SMILES string of the molecule is O=C(O)c1cn(-c2nccs2)c2nc(N3CC(n4cc([N+](=O)[O-])cn4)C3)c(F)cc2c1=O. The molecule has 1 N–H and O–H groups in total. The van der Waals surface area contributed by atoms with Gasteiger partial charge in [0.05, 0.1) is 16.4 Å². The normalized spacial score (nSPS) is 14.0. The van der Waals surface area contributed by atoms with Crippen molar-refractivity contribution in [2.45, 2.75) is 6.04 Å². The van der Waals surface area contributed by atoms with Gasteiger partial charge < -0.3 is 10.0 Å². The van der Waals surface area contributed by atoms with Gasteiger partial charge in [0.2, 0.25) is 5.43 Å². The first kappa shape index (κ1) is 19.7. The fraction of sp³-hybridized carbons (Fsp3) is 0.167. The van der Waals surface area contributed by atoms with E-state index in [9.17, 15) is 29.2 Å². The lowest BCUT2D eigenvalue weighted by Gasteiger charge is -2.40. The van der Waals surface area contributed by atoms with Gasteiger partial charge in [0, 0.05) is 30.9 Å². The minimum Gasteiger partial charge on any atom is -0.477 e. The number of nitro groups is 1. The lowest BCUT2D eigenvalue weighted by molar-refractivity contribution is -0.385. The van der Waals surface area contributed by atoms with Crippen molar-refractivity contribution in [1.29, 1.82) is 0 Å². The number of hydrogen-bond acceptors (Lipinski definition) is 9. The van der Waals surface area contributed by atoms with Gasteiger partial charge in [-0.3, -0.25) is 24.2 Å². The van der Waals surface area contributed by atoms with Crippen molar-refractivity contribution in [2.75, 3.05) is 18.0 Å². The summed E-state index contributed by atoms with van der Waals surface area (Å²) in [4.78, 5) is 44.5. The summed E-state index contributed by atoms with van der Waals surface area (Å²) in [5.74, 6) is -2.25. The average molecular weight is 457 g/mol. The Morgan fingerprint density at radius 2 is 2.12 bits per heavy atom. The molecule has 1 aliphatic heterocycles.